The normalized spacial score (nSPS) is 11.0. The summed E-state index contributed by atoms with van der Waals surface area (Å²) in [5, 5.41) is 8.66. The Bertz CT molecular complexity index is 659. The first-order valence-electron chi connectivity index (χ1n) is 5.64. The van der Waals surface area contributed by atoms with Crippen molar-refractivity contribution in [2.75, 3.05) is 4.72 Å². The monoisotopic (exact) mass is 320 g/mol. The van der Waals surface area contributed by atoms with Crippen LogP contribution in [0.15, 0.2) is 18.2 Å². The first-order valence-corrected chi connectivity index (χ1v) is 7.13. The van der Waals surface area contributed by atoms with Crippen LogP contribution in [-0.4, -0.2) is 31.7 Å². The number of carboxylic acid groups (broad SMARTS) is 1. The molecule has 1 rings (SSSR count). The van der Waals surface area contributed by atoms with Crippen molar-refractivity contribution < 1.29 is 32.2 Å². The van der Waals surface area contributed by atoms with Gasteiger partial charge in [-0.05, 0) is 32.0 Å². The van der Waals surface area contributed by atoms with E-state index >= 15 is 0 Å². The number of nitrogens with one attached hydrogen (secondary N) is 2. The van der Waals surface area contributed by atoms with Gasteiger partial charge >= 0.3 is 22.3 Å². The van der Waals surface area contributed by atoms with Crippen molar-refractivity contribution in [1.29, 1.82) is 0 Å². The number of anilines is 1. The minimum absolute atomic E-state index is 0.345. The van der Waals surface area contributed by atoms with Crippen molar-refractivity contribution in [3.05, 3.63) is 29.6 Å². The van der Waals surface area contributed by atoms with E-state index in [1.807, 2.05) is 0 Å². The molecule has 116 valence electrons. The van der Waals surface area contributed by atoms with Gasteiger partial charge in [-0.25, -0.2) is 18.7 Å². The Morgan fingerprint density at radius 3 is 2.43 bits per heavy atom. The van der Waals surface area contributed by atoms with E-state index < -0.39 is 39.9 Å². The Kier molecular flexibility index (Phi) is 5.08. The van der Waals surface area contributed by atoms with Gasteiger partial charge in [0.05, 0.1) is 17.4 Å². The minimum Gasteiger partial charge on any atom is -0.478 e. The Hall–Kier alpha value is -2.36. The molecule has 0 atom stereocenters. The molecule has 1 amide bonds. The van der Waals surface area contributed by atoms with Crippen molar-refractivity contribution >= 4 is 28.0 Å². The van der Waals surface area contributed by atoms with E-state index in [-0.39, 0.29) is 5.56 Å². The van der Waals surface area contributed by atoms with Crippen LogP contribution in [0.25, 0.3) is 0 Å². The number of rotatable bonds is 5. The summed E-state index contributed by atoms with van der Waals surface area (Å²) in [5.41, 5.74) is -0.854. The number of aromatic carboxylic acids is 1. The highest BCUT2D eigenvalue weighted by Crippen LogP contribution is 2.16. The van der Waals surface area contributed by atoms with E-state index in [1.54, 1.807) is 4.72 Å². The first-order chi connectivity index (χ1) is 9.60. The summed E-state index contributed by atoms with van der Waals surface area (Å²) in [5.74, 6) is -2.46. The minimum atomic E-state index is -4.40. The number of halogens is 1. The summed E-state index contributed by atoms with van der Waals surface area (Å²) >= 11 is 0. The summed E-state index contributed by atoms with van der Waals surface area (Å²) in [6.45, 7) is 3.04. The fourth-order valence-electron chi connectivity index (χ4n) is 1.25. The number of carboxylic acids is 1. The topological polar surface area (TPSA) is 122 Å². The molecule has 0 bridgehead atoms. The van der Waals surface area contributed by atoms with Gasteiger partial charge in [0, 0.05) is 0 Å². The second-order valence-electron chi connectivity index (χ2n) is 4.16. The number of carbonyl (C=O) groups is 2. The summed E-state index contributed by atoms with van der Waals surface area (Å²) in [7, 11) is -4.40. The highest BCUT2D eigenvalue weighted by atomic mass is 32.2. The number of hydrogen-bond donors (Lipinski definition) is 3. The molecule has 1 aromatic carbocycles. The highest BCUT2D eigenvalue weighted by Gasteiger charge is 2.18. The van der Waals surface area contributed by atoms with E-state index in [9.17, 15) is 22.4 Å². The molecule has 0 heterocycles. The van der Waals surface area contributed by atoms with Gasteiger partial charge in [-0.2, -0.15) is 8.42 Å². The zero-order valence-corrected chi connectivity index (χ0v) is 11.9. The van der Waals surface area contributed by atoms with Crippen LogP contribution in [0.1, 0.15) is 24.2 Å². The molecule has 0 aliphatic heterocycles. The third-order valence-corrected chi connectivity index (χ3v) is 2.94. The summed E-state index contributed by atoms with van der Waals surface area (Å²) in [6.07, 6.45) is -1.76. The van der Waals surface area contributed by atoms with Crippen LogP contribution in [-0.2, 0) is 14.9 Å². The van der Waals surface area contributed by atoms with Crippen LogP contribution in [0, 0.1) is 5.82 Å². The molecular formula is C11H13FN2O6S. The van der Waals surface area contributed by atoms with Gasteiger partial charge in [0.25, 0.3) is 0 Å². The Balaban J connectivity index is 2.85. The quantitative estimate of drug-likeness (QED) is 0.752. The average Bonchev–Trinajstić information content (AvgIpc) is 2.29. The second-order valence-corrected chi connectivity index (χ2v) is 5.58. The number of hydrogen-bond acceptors (Lipinski definition) is 5. The lowest BCUT2D eigenvalue weighted by Gasteiger charge is -2.12. The predicted octanol–water partition coefficient (Wildman–Crippen LogP) is 1.32. The number of carbonyl (C=O) groups excluding carboxylic acids is 1. The van der Waals surface area contributed by atoms with Gasteiger partial charge in [0.15, 0.2) is 0 Å². The molecule has 0 saturated carbocycles. The van der Waals surface area contributed by atoms with Crippen LogP contribution in [0.3, 0.4) is 0 Å². The molecule has 8 nitrogen and oxygen atoms in total. The molecule has 0 fully saturated rings. The van der Waals surface area contributed by atoms with E-state index in [0.29, 0.717) is 6.07 Å². The summed E-state index contributed by atoms with van der Waals surface area (Å²) < 4.78 is 44.5. The molecule has 1 aromatic rings. The Labute approximate surface area is 120 Å². The van der Waals surface area contributed by atoms with E-state index in [4.69, 9.17) is 5.11 Å². The van der Waals surface area contributed by atoms with Gasteiger partial charge in [-0.3, -0.25) is 4.72 Å². The lowest BCUT2D eigenvalue weighted by Crippen LogP contribution is -2.37. The standard InChI is InChI=1S/C11H13FN2O6S/c1-6(2)20-11(17)14-21(18,19)13-9-4-3-7(10(15)16)5-8(9)12/h3-6,13H,1-2H3,(H,14,17)(H,15,16). The van der Waals surface area contributed by atoms with Crippen LogP contribution in [0.4, 0.5) is 14.9 Å². The zero-order chi connectivity index (χ0) is 16.2. The smallest absolute Gasteiger partial charge is 0.422 e. The van der Waals surface area contributed by atoms with Crippen molar-refractivity contribution in [1.82, 2.24) is 4.72 Å². The molecule has 0 aliphatic carbocycles. The fourth-order valence-corrected chi connectivity index (χ4v) is 2.02. The molecule has 0 aromatic heterocycles. The molecular weight excluding hydrogens is 307 g/mol. The van der Waals surface area contributed by atoms with Gasteiger partial charge in [0.2, 0.25) is 0 Å². The first kappa shape index (κ1) is 16.7. The predicted molar refractivity (Wildman–Crippen MR) is 70.7 cm³/mol. The van der Waals surface area contributed by atoms with Gasteiger partial charge < -0.3 is 9.84 Å². The van der Waals surface area contributed by atoms with Gasteiger partial charge in [-0.15, -0.1) is 0 Å². The van der Waals surface area contributed by atoms with Crippen LogP contribution >= 0.6 is 0 Å². The molecule has 0 unspecified atom stereocenters. The van der Waals surface area contributed by atoms with Crippen LogP contribution < -0.4 is 9.44 Å². The van der Waals surface area contributed by atoms with Crippen LogP contribution in [0.5, 0.6) is 0 Å². The third kappa shape index (κ3) is 5.26. The maximum atomic E-state index is 13.6. The van der Waals surface area contributed by atoms with E-state index in [0.717, 1.165) is 12.1 Å². The number of ether oxygens (including phenoxy) is 1. The SMILES string of the molecule is CC(C)OC(=O)NS(=O)(=O)Nc1ccc(C(=O)O)cc1F. The van der Waals surface area contributed by atoms with Crippen molar-refractivity contribution in [3.63, 3.8) is 0 Å². The molecule has 3 N–H and O–H groups in total. The third-order valence-electron chi connectivity index (χ3n) is 2.02. The van der Waals surface area contributed by atoms with E-state index in [1.165, 1.54) is 18.6 Å². The second kappa shape index (κ2) is 6.39. The lowest BCUT2D eigenvalue weighted by molar-refractivity contribution is 0.0696. The average molecular weight is 320 g/mol. The van der Waals surface area contributed by atoms with Gasteiger partial charge in [0.1, 0.15) is 5.82 Å². The Morgan fingerprint density at radius 1 is 1.33 bits per heavy atom. The van der Waals surface area contributed by atoms with Crippen molar-refractivity contribution in [2.45, 2.75) is 20.0 Å². The largest absolute Gasteiger partial charge is 0.478 e. The van der Waals surface area contributed by atoms with Crippen LogP contribution in [0.2, 0.25) is 0 Å². The van der Waals surface area contributed by atoms with Crippen molar-refractivity contribution in [3.8, 4) is 0 Å². The molecule has 0 aliphatic rings. The maximum absolute atomic E-state index is 13.6. The molecule has 0 spiro atoms. The van der Waals surface area contributed by atoms with Crippen molar-refractivity contribution in [2.24, 2.45) is 0 Å². The molecule has 0 radical (unpaired) electrons. The summed E-state index contributed by atoms with van der Waals surface area (Å²) in [6, 6.07) is 2.58. The van der Waals surface area contributed by atoms with Gasteiger partial charge in [-0.1, -0.05) is 0 Å². The summed E-state index contributed by atoms with van der Waals surface area (Å²) in [4.78, 5) is 21.8. The lowest BCUT2D eigenvalue weighted by atomic mass is 10.2. The van der Waals surface area contributed by atoms with E-state index in [2.05, 4.69) is 4.74 Å². The number of benzene rings is 1. The molecule has 0 saturated heterocycles. The molecule has 21 heavy (non-hydrogen) atoms. The Morgan fingerprint density at radius 2 is 1.95 bits per heavy atom. The number of amides is 1. The highest BCUT2D eigenvalue weighted by molar-refractivity contribution is 7.91. The molecule has 10 heteroatoms. The maximum Gasteiger partial charge on any atom is 0.422 e. The zero-order valence-electron chi connectivity index (χ0n) is 11.1. The fraction of sp³-hybridized carbons (Fsp3) is 0.273.